The van der Waals surface area contributed by atoms with Gasteiger partial charge in [0.2, 0.25) is 0 Å². The molecule has 1 aliphatic heterocycles. The van der Waals surface area contributed by atoms with E-state index in [2.05, 4.69) is 78.1 Å². The lowest BCUT2D eigenvalue weighted by Gasteiger charge is -2.22. The van der Waals surface area contributed by atoms with E-state index >= 15 is 0 Å². The highest BCUT2D eigenvalue weighted by molar-refractivity contribution is 6.76. The van der Waals surface area contributed by atoms with E-state index in [1.807, 2.05) is 55.8 Å². The second kappa shape index (κ2) is 16.8. The minimum atomic E-state index is -1.23. The largest absolute Gasteiger partial charge is 0.457 e. The van der Waals surface area contributed by atoms with Crippen LogP contribution in [-0.4, -0.2) is 85.7 Å². The van der Waals surface area contributed by atoms with Gasteiger partial charge in [-0.3, -0.25) is 19.7 Å². The molecule has 0 spiro atoms. The Morgan fingerprint density at radius 2 is 1.61 bits per heavy atom. The molecule has 0 bridgehead atoms. The van der Waals surface area contributed by atoms with Gasteiger partial charge in [0, 0.05) is 72.2 Å². The van der Waals surface area contributed by atoms with Crippen LogP contribution in [0.25, 0.3) is 17.0 Å². The van der Waals surface area contributed by atoms with E-state index in [0.29, 0.717) is 49.5 Å². The maximum Gasteiger partial charge on any atom is 0.273 e. The van der Waals surface area contributed by atoms with Gasteiger partial charge in [-0.25, -0.2) is 4.68 Å². The lowest BCUT2D eigenvalue weighted by Crippen LogP contribution is -2.36. The van der Waals surface area contributed by atoms with Crippen LogP contribution in [0, 0.1) is 13.8 Å². The molecule has 51 heavy (non-hydrogen) atoms. The van der Waals surface area contributed by atoms with E-state index < -0.39 is 16.1 Å². The van der Waals surface area contributed by atoms with Crippen LogP contribution in [0.15, 0.2) is 48.5 Å². The Morgan fingerprint density at radius 3 is 2.31 bits per heavy atom. The molecule has 1 saturated heterocycles. The second-order valence-electron chi connectivity index (χ2n) is 15.8. The van der Waals surface area contributed by atoms with E-state index in [1.54, 1.807) is 10.7 Å². The molecule has 1 unspecified atom stereocenters. The third-order valence-corrected chi connectivity index (χ3v) is 12.3. The molecular weight excluding hydrogens is 675 g/mol. The van der Waals surface area contributed by atoms with Crippen molar-refractivity contribution in [1.29, 1.82) is 0 Å². The zero-order valence-corrected chi connectivity index (χ0v) is 34.0. The maximum absolute atomic E-state index is 13.2. The van der Waals surface area contributed by atoms with Crippen LogP contribution in [-0.2, 0) is 22.7 Å². The van der Waals surface area contributed by atoms with Gasteiger partial charge < -0.3 is 19.5 Å². The molecule has 2 aromatic heterocycles. The van der Waals surface area contributed by atoms with Gasteiger partial charge in [-0.05, 0) is 68.8 Å². The number of carbonyl (C=O) groups is 1. The predicted molar refractivity (Wildman–Crippen MR) is 212 cm³/mol. The fourth-order valence-corrected chi connectivity index (χ4v) is 7.30. The summed E-state index contributed by atoms with van der Waals surface area (Å²) in [6.07, 6.45) is 4.35. The van der Waals surface area contributed by atoms with E-state index in [4.69, 9.17) is 19.3 Å². The normalized spacial score (nSPS) is 15.7. The highest BCUT2D eigenvalue weighted by Crippen LogP contribution is 2.31. The van der Waals surface area contributed by atoms with Gasteiger partial charge in [0.15, 0.2) is 0 Å². The molecule has 4 aromatic rings. The summed E-state index contributed by atoms with van der Waals surface area (Å²) in [5.41, 5.74) is 4.75. The van der Waals surface area contributed by atoms with Crippen molar-refractivity contribution in [1.82, 2.24) is 29.8 Å². The first kappa shape index (κ1) is 38.6. The summed E-state index contributed by atoms with van der Waals surface area (Å²) in [6, 6.07) is 15.8. The minimum absolute atomic E-state index is 0.0791. The maximum atomic E-state index is 13.2. The molecule has 2 N–H and O–H groups in total. The van der Waals surface area contributed by atoms with E-state index in [9.17, 15) is 4.79 Å². The number of amides is 1. The van der Waals surface area contributed by atoms with E-state index in [-0.39, 0.29) is 12.1 Å². The number of anilines is 1. The van der Waals surface area contributed by atoms with Gasteiger partial charge in [0.25, 0.3) is 5.91 Å². The number of rotatable bonds is 17. The third-order valence-electron chi connectivity index (χ3n) is 8.92. The average Bonchev–Trinajstić information content (AvgIpc) is 3.77. The molecule has 3 heterocycles. The van der Waals surface area contributed by atoms with Crippen LogP contribution in [0.5, 0.6) is 11.5 Å². The van der Waals surface area contributed by atoms with Crippen LogP contribution in [0.4, 0.5) is 5.69 Å². The molecule has 1 fully saturated rings. The van der Waals surface area contributed by atoms with Gasteiger partial charge in [-0.15, -0.1) is 0 Å². The standard InChI is InChI=1S/C38H57N7O4Si2/c1-10-44-36(23-29(3)41-44)38(46)40-34-24-30(12-11-28(34)2)49-31-13-14-32-33(42-45(35(32)25-31)27-48-20-22-51(7,8)9)15-16-37-39-17-18-43(37)26-47-19-21-50(4,5)6/h11-16,23-25,37,39H,10,17-22,26-27H2,1-9H3,(H,40,46). The van der Waals surface area contributed by atoms with Crippen molar-refractivity contribution in [3.63, 3.8) is 0 Å². The number of aryl methyl sites for hydroxylation is 3. The summed E-state index contributed by atoms with van der Waals surface area (Å²) >= 11 is 0. The Labute approximate surface area is 305 Å². The molecule has 276 valence electrons. The molecule has 1 amide bonds. The topological polar surface area (TPSA) is 108 Å². The summed E-state index contributed by atoms with van der Waals surface area (Å²) in [4.78, 5) is 15.5. The fraction of sp³-hybridized carbons (Fsp3) is 0.500. The van der Waals surface area contributed by atoms with Crippen molar-refractivity contribution >= 4 is 44.7 Å². The first-order chi connectivity index (χ1) is 24.2. The number of hydrogen-bond donors (Lipinski definition) is 2. The third kappa shape index (κ3) is 11.0. The summed E-state index contributed by atoms with van der Waals surface area (Å²) in [6.45, 7) is 25.0. The van der Waals surface area contributed by atoms with Gasteiger partial charge in [-0.2, -0.15) is 10.2 Å². The highest BCUT2D eigenvalue weighted by atomic mass is 28.3. The SMILES string of the molecule is CCn1nc(C)cc1C(=O)Nc1cc(Oc2ccc3c(C=CC4NCCN4COCC[Si](C)(C)C)nn(COCC[Si](C)(C)C)c3c2)ccc1C. The summed E-state index contributed by atoms with van der Waals surface area (Å²) < 4.78 is 22.2. The summed E-state index contributed by atoms with van der Waals surface area (Å²) in [7, 11) is -2.36. The van der Waals surface area contributed by atoms with Gasteiger partial charge >= 0.3 is 0 Å². The number of hydrogen-bond acceptors (Lipinski definition) is 8. The van der Waals surface area contributed by atoms with Crippen molar-refractivity contribution in [2.24, 2.45) is 0 Å². The molecule has 0 saturated carbocycles. The fourth-order valence-electron chi connectivity index (χ4n) is 5.79. The Morgan fingerprint density at radius 1 is 0.922 bits per heavy atom. The van der Waals surface area contributed by atoms with Crippen LogP contribution >= 0.6 is 0 Å². The lowest BCUT2D eigenvalue weighted by molar-refractivity contribution is 0.0353. The van der Waals surface area contributed by atoms with Crippen LogP contribution in [0.1, 0.15) is 34.4 Å². The predicted octanol–water partition coefficient (Wildman–Crippen LogP) is 7.78. The second-order valence-corrected chi connectivity index (χ2v) is 27.1. The average molecular weight is 732 g/mol. The Hall–Kier alpha value is -3.60. The number of nitrogens with one attached hydrogen (secondary N) is 2. The monoisotopic (exact) mass is 731 g/mol. The first-order valence-corrected chi connectivity index (χ1v) is 25.6. The van der Waals surface area contributed by atoms with Crippen LogP contribution in [0.2, 0.25) is 51.4 Å². The zero-order chi connectivity index (χ0) is 36.8. The number of carbonyl (C=O) groups excluding carboxylic acids is 1. The molecule has 1 atom stereocenters. The minimum Gasteiger partial charge on any atom is -0.457 e. The van der Waals surface area contributed by atoms with E-state index in [1.165, 1.54) is 0 Å². The summed E-state index contributed by atoms with van der Waals surface area (Å²) in [5.74, 6) is 1.08. The number of ether oxygens (including phenoxy) is 3. The Bertz CT molecular complexity index is 1820. The molecule has 0 aliphatic carbocycles. The number of benzene rings is 2. The van der Waals surface area contributed by atoms with Crippen molar-refractivity contribution in [3.8, 4) is 11.5 Å². The molecule has 2 aromatic carbocycles. The van der Waals surface area contributed by atoms with Crippen molar-refractivity contribution in [2.75, 3.05) is 38.4 Å². The molecule has 0 radical (unpaired) electrons. The van der Waals surface area contributed by atoms with Crippen molar-refractivity contribution in [2.45, 2.75) is 91.6 Å². The molecule has 5 rings (SSSR count). The van der Waals surface area contributed by atoms with Crippen molar-refractivity contribution < 1.29 is 19.0 Å². The molecule has 11 nitrogen and oxygen atoms in total. The van der Waals surface area contributed by atoms with Crippen LogP contribution in [0.3, 0.4) is 0 Å². The molecular formula is C38H57N7O4Si2. The molecule has 1 aliphatic rings. The lowest BCUT2D eigenvalue weighted by atomic mass is 10.1. The zero-order valence-electron chi connectivity index (χ0n) is 32.0. The Kier molecular flexibility index (Phi) is 12.7. The number of nitrogens with zero attached hydrogens (tertiary/aromatic N) is 5. The van der Waals surface area contributed by atoms with Gasteiger partial charge in [0.1, 0.15) is 30.7 Å². The van der Waals surface area contributed by atoms with Gasteiger partial charge in [0.05, 0.1) is 23.1 Å². The van der Waals surface area contributed by atoms with Crippen LogP contribution < -0.4 is 15.4 Å². The smallest absolute Gasteiger partial charge is 0.273 e. The quantitative estimate of drug-likeness (QED) is 0.0838. The van der Waals surface area contributed by atoms with Gasteiger partial charge in [-0.1, -0.05) is 51.4 Å². The first-order valence-electron chi connectivity index (χ1n) is 18.1. The molecule has 13 heteroatoms. The highest BCUT2D eigenvalue weighted by Gasteiger charge is 2.23. The number of fused-ring (bicyclic) bond motifs is 1. The van der Waals surface area contributed by atoms with E-state index in [0.717, 1.165) is 59.6 Å². The van der Waals surface area contributed by atoms with Crippen molar-refractivity contribution in [3.05, 3.63) is 71.2 Å². The Balaban J connectivity index is 1.34. The summed E-state index contributed by atoms with van der Waals surface area (Å²) in [5, 5.41) is 17.1. The number of aromatic nitrogens is 4.